The van der Waals surface area contributed by atoms with Crippen LogP contribution in [0.1, 0.15) is 38.7 Å². The zero-order valence-electron chi connectivity index (χ0n) is 14.6. The van der Waals surface area contributed by atoms with E-state index in [0.717, 1.165) is 29.5 Å². The molecule has 4 nitrogen and oxygen atoms in total. The quantitative estimate of drug-likeness (QED) is 0.609. The van der Waals surface area contributed by atoms with Gasteiger partial charge in [-0.1, -0.05) is 30.7 Å². The Balaban J connectivity index is 1.53. The summed E-state index contributed by atoms with van der Waals surface area (Å²) in [5.74, 6) is 1.72. The number of hydrogen-bond acceptors (Lipinski definition) is 4. The lowest BCUT2D eigenvalue weighted by Gasteiger charge is -2.26. The molecule has 1 N–H and O–H groups in total. The maximum absolute atomic E-state index is 11.6. The topological polar surface area (TPSA) is 55.4 Å². The van der Waals surface area contributed by atoms with Gasteiger partial charge in [0.25, 0.3) is 11.1 Å². The number of allylic oxidation sites excluding steroid dienone is 2. The van der Waals surface area contributed by atoms with E-state index in [9.17, 15) is 9.59 Å². The average molecular weight is 357 g/mol. The van der Waals surface area contributed by atoms with Gasteiger partial charge in [-0.05, 0) is 73.6 Å². The highest BCUT2D eigenvalue weighted by atomic mass is 32.2. The predicted octanol–water partition coefficient (Wildman–Crippen LogP) is 4.77. The van der Waals surface area contributed by atoms with Crippen LogP contribution in [0.4, 0.5) is 4.79 Å². The van der Waals surface area contributed by atoms with Gasteiger partial charge in [-0.25, -0.2) is 0 Å². The van der Waals surface area contributed by atoms with Crippen molar-refractivity contribution in [3.05, 3.63) is 46.4 Å². The molecule has 1 aliphatic heterocycles. The summed E-state index contributed by atoms with van der Waals surface area (Å²) in [7, 11) is 0. The molecule has 1 fully saturated rings. The minimum absolute atomic E-state index is 0.321. The van der Waals surface area contributed by atoms with Gasteiger partial charge >= 0.3 is 0 Å². The SMILES string of the molecule is CC1=CCC(C(C)COc2ccc(C=C3SC(=O)NC3=O)cc2)CC1. The van der Waals surface area contributed by atoms with E-state index in [1.807, 2.05) is 24.3 Å². The van der Waals surface area contributed by atoms with E-state index in [0.29, 0.717) is 23.3 Å². The van der Waals surface area contributed by atoms with E-state index in [-0.39, 0.29) is 11.1 Å². The molecule has 0 spiro atoms. The maximum atomic E-state index is 11.6. The highest BCUT2D eigenvalue weighted by molar-refractivity contribution is 8.18. The Labute approximate surface area is 152 Å². The number of carbonyl (C=O) groups is 2. The first kappa shape index (κ1) is 17.8. The standard InChI is InChI=1S/C20H23NO3S/c1-13-3-7-16(8-4-13)14(2)12-24-17-9-5-15(6-10-17)11-18-19(22)21-20(23)25-18/h3,5-6,9-11,14,16H,4,7-8,12H2,1-2H3,(H,21,22,23). The van der Waals surface area contributed by atoms with Gasteiger partial charge < -0.3 is 4.74 Å². The van der Waals surface area contributed by atoms with E-state index in [2.05, 4.69) is 25.2 Å². The first-order valence-corrected chi connectivity index (χ1v) is 9.46. The number of benzene rings is 1. The summed E-state index contributed by atoms with van der Waals surface area (Å²) >= 11 is 0.928. The predicted molar refractivity (Wildman–Crippen MR) is 101 cm³/mol. The molecule has 2 aliphatic rings. The smallest absolute Gasteiger partial charge is 0.290 e. The minimum atomic E-state index is -0.332. The number of carbonyl (C=O) groups excluding carboxylic acids is 2. The molecule has 1 saturated heterocycles. The van der Waals surface area contributed by atoms with E-state index >= 15 is 0 Å². The number of thioether (sulfide) groups is 1. The summed E-state index contributed by atoms with van der Waals surface area (Å²) < 4.78 is 5.93. The van der Waals surface area contributed by atoms with Crippen molar-refractivity contribution >= 4 is 29.0 Å². The van der Waals surface area contributed by atoms with Crippen LogP contribution in [-0.2, 0) is 4.79 Å². The molecule has 2 amide bonds. The van der Waals surface area contributed by atoms with Crippen LogP contribution in [0.15, 0.2) is 40.8 Å². The normalized spacial score (nSPS) is 23.4. The van der Waals surface area contributed by atoms with Crippen molar-refractivity contribution < 1.29 is 14.3 Å². The zero-order valence-corrected chi connectivity index (χ0v) is 15.4. The summed E-state index contributed by atoms with van der Waals surface area (Å²) in [6.07, 6.45) is 7.68. The fraction of sp³-hybridized carbons (Fsp3) is 0.400. The van der Waals surface area contributed by atoms with E-state index < -0.39 is 0 Å². The lowest BCUT2D eigenvalue weighted by molar-refractivity contribution is -0.115. The molecular weight excluding hydrogens is 334 g/mol. The minimum Gasteiger partial charge on any atom is -0.493 e. The molecule has 1 aromatic rings. The number of imide groups is 1. The molecule has 0 aromatic heterocycles. The molecule has 0 saturated carbocycles. The van der Waals surface area contributed by atoms with Gasteiger partial charge in [0.1, 0.15) is 5.75 Å². The van der Waals surface area contributed by atoms with Crippen molar-refractivity contribution in [3.8, 4) is 5.75 Å². The molecule has 0 bridgehead atoms. The van der Waals surface area contributed by atoms with Gasteiger partial charge in [0, 0.05) is 0 Å². The first-order valence-electron chi connectivity index (χ1n) is 8.64. The molecular formula is C20H23NO3S. The second kappa shape index (κ2) is 7.91. The highest BCUT2D eigenvalue weighted by Gasteiger charge is 2.25. The lowest BCUT2D eigenvalue weighted by Crippen LogP contribution is -2.20. The molecule has 1 aromatic carbocycles. The molecule has 2 atom stereocenters. The van der Waals surface area contributed by atoms with Crippen LogP contribution in [0.5, 0.6) is 5.75 Å². The van der Waals surface area contributed by atoms with Crippen molar-refractivity contribution in [1.29, 1.82) is 0 Å². The number of ether oxygens (including phenoxy) is 1. The van der Waals surface area contributed by atoms with Crippen molar-refractivity contribution in [2.75, 3.05) is 6.61 Å². The molecule has 3 rings (SSSR count). The third kappa shape index (κ3) is 4.75. The Bertz CT molecular complexity index is 721. The summed E-state index contributed by atoms with van der Waals surface area (Å²) in [6.45, 7) is 5.17. The number of amides is 2. The molecule has 1 aliphatic carbocycles. The third-order valence-corrected chi connectivity index (χ3v) is 5.63. The molecule has 5 heteroatoms. The summed E-state index contributed by atoms with van der Waals surface area (Å²) in [5, 5.41) is 1.93. The van der Waals surface area contributed by atoms with Gasteiger partial charge in [-0.15, -0.1) is 0 Å². The van der Waals surface area contributed by atoms with Gasteiger partial charge in [0.05, 0.1) is 11.5 Å². The van der Waals surface area contributed by atoms with Gasteiger partial charge in [0.15, 0.2) is 0 Å². The molecule has 25 heavy (non-hydrogen) atoms. The van der Waals surface area contributed by atoms with Gasteiger partial charge in [-0.3, -0.25) is 14.9 Å². The second-order valence-corrected chi connectivity index (χ2v) is 7.81. The van der Waals surface area contributed by atoms with Crippen LogP contribution in [0.3, 0.4) is 0 Å². The monoisotopic (exact) mass is 357 g/mol. The zero-order chi connectivity index (χ0) is 17.8. The van der Waals surface area contributed by atoms with Crippen LogP contribution >= 0.6 is 11.8 Å². The van der Waals surface area contributed by atoms with E-state index in [4.69, 9.17) is 4.74 Å². The number of rotatable bonds is 5. The van der Waals surface area contributed by atoms with Gasteiger partial charge in [0.2, 0.25) is 0 Å². The maximum Gasteiger partial charge on any atom is 0.290 e. The van der Waals surface area contributed by atoms with Crippen LogP contribution in [0.25, 0.3) is 6.08 Å². The molecule has 132 valence electrons. The van der Waals surface area contributed by atoms with Crippen molar-refractivity contribution in [2.45, 2.75) is 33.1 Å². The summed E-state index contributed by atoms with van der Waals surface area (Å²) in [5.41, 5.74) is 2.38. The Hall–Kier alpha value is -2.01. The Kier molecular flexibility index (Phi) is 5.63. The highest BCUT2D eigenvalue weighted by Crippen LogP contribution is 2.30. The number of nitrogens with one attached hydrogen (secondary N) is 1. The fourth-order valence-electron chi connectivity index (χ4n) is 3.10. The summed E-state index contributed by atoms with van der Waals surface area (Å²) in [4.78, 5) is 23.2. The molecule has 1 heterocycles. The summed E-state index contributed by atoms with van der Waals surface area (Å²) in [6, 6.07) is 7.61. The van der Waals surface area contributed by atoms with Gasteiger partial charge in [-0.2, -0.15) is 0 Å². The third-order valence-electron chi connectivity index (χ3n) is 4.82. The van der Waals surface area contributed by atoms with Crippen LogP contribution in [-0.4, -0.2) is 17.8 Å². The molecule has 2 unspecified atom stereocenters. The largest absolute Gasteiger partial charge is 0.493 e. The first-order chi connectivity index (χ1) is 12.0. The Morgan fingerprint density at radius 3 is 2.68 bits per heavy atom. The van der Waals surface area contributed by atoms with Crippen LogP contribution in [0.2, 0.25) is 0 Å². The lowest BCUT2D eigenvalue weighted by atomic mass is 9.82. The van der Waals surface area contributed by atoms with Crippen LogP contribution in [0, 0.1) is 11.8 Å². The number of hydrogen-bond donors (Lipinski definition) is 1. The Morgan fingerprint density at radius 2 is 2.08 bits per heavy atom. The second-order valence-electron chi connectivity index (χ2n) is 6.79. The average Bonchev–Trinajstić information content (AvgIpc) is 2.92. The van der Waals surface area contributed by atoms with E-state index in [1.54, 1.807) is 6.08 Å². The Morgan fingerprint density at radius 1 is 1.32 bits per heavy atom. The van der Waals surface area contributed by atoms with E-state index in [1.165, 1.54) is 18.4 Å². The van der Waals surface area contributed by atoms with Crippen LogP contribution < -0.4 is 10.1 Å². The molecule has 0 radical (unpaired) electrons. The van der Waals surface area contributed by atoms with Crippen molar-refractivity contribution in [2.24, 2.45) is 11.8 Å². The fourth-order valence-corrected chi connectivity index (χ4v) is 3.78. The van der Waals surface area contributed by atoms with Crippen molar-refractivity contribution in [1.82, 2.24) is 5.32 Å². The van der Waals surface area contributed by atoms with Crippen molar-refractivity contribution in [3.63, 3.8) is 0 Å².